The van der Waals surface area contributed by atoms with Crippen LogP contribution in [0.25, 0.3) is 10.2 Å². The van der Waals surface area contributed by atoms with Gasteiger partial charge in [0.1, 0.15) is 0 Å². The molecule has 0 saturated heterocycles. The van der Waals surface area contributed by atoms with Crippen LogP contribution in [0.3, 0.4) is 0 Å². The van der Waals surface area contributed by atoms with E-state index in [-0.39, 0.29) is 12.1 Å². The summed E-state index contributed by atoms with van der Waals surface area (Å²) in [6, 6.07) is 8.27. The van der Waals surface area contributed by atoms with E-state index in [4.69, 9.17) is 0 Å². The molecular formula is C17H25N3OS. The summed E-state index contributed by atoms with van der Waals surface area (Å²) in [5.41, 5.74) is 1.22. The molecule has 1 aromatic heterocycles. The van der Waals surface area contributed by atoms with E-state index in [2.05, 4.69) is 40.4 Å². The Balaban J connectivity index is 1.72. The van der Waals surface area contributed by atoms with Gasteiger partial charge in [-0.1, -0.05) is 42.7 Å². The van der Waals surface area contributed by atoms with Gasteiger partial charge < -0.3 is 10.4 Å². The number of aromatic nitrogens is 1. The molecule has 1 aliphatic rings. The Morgan fingerprint density at radius 2 is 2.05 bits per heavy atom. The molecule has 3 rings (SSSR count). The second kappa shape index (κ2) is 6.94. The van der Waals surface area contributed by atoms with E-state index in [0.717, 1.165) is 23.7 Å². The molecule has 2 N–H and O–H groups in total. The van der Waals surface area contributed by atoms with Gasteiger partial charge in [-0.05, 0) is 32.0 Å². The fraction of sp³-hybridized carbons (Fsp3) is 0.588. The first-order chi connectivity index (χ1) is 10.7. The quantitative estimate of drug-likeness (QED) is 0.857. The van der Waals surface area contributed by atoms with Crippen molar-refractivity contribution in [3.8, 4) is 0 Å². The number of para-hydroxylation sites is 1. The topological polar surface area (TPSA) is 48.4 Å². The lowest BCUT2D eigenvalue weighted by Gasteiger charge is -2.44. The van der Waals surface area contributed by atoms with E-state index in [9.17, 15) is 5.11 Å². The van der Waals surface area contributed by atoms with Gasteiger partial charge in [0.15, 0.2) is 5.13 Å². The van der Waals surface area contributed by atoms with Crippen molar-refractivity contribution in [2.24, 2.45) is 0 Å². The summed E-state index contributed by atoms with van der Waals surface area (Å²) in [5, 5.41) is 13.9. The Morgan fingerprint density at radius 1 is 1.27 bits per heavy atom. The molecule has 2 aromatic rings. The van der Waals surface area contributed by atoms with Gasteiger partial charge in [-0.15, -0.1) is 0 Å². The van der Waals surface area contributed by atoms with Gasteiger partial charge in [-0.25, -0.2) is 4.98 Å². The molecule has 4 nitrogen and oxygen atoms in total. The fourth-order valence-corrected chi connectivity index (χ4v) is 4.34. The van der Waals surface area contributed by atoms with E-state index < -0.39 is 0 Å². The van der Waals surface area contributed by atoms with Crippen LogP contribution in [0.4, 0.5) is 5.13 Å². The van der Waals surface area contributed by atoms with Crippen molar-refractivity contribution in [1.82, 2.24) is 9.88 Å². The number of rotatable bonds is 6. The molecular weight excluding hydrogens is 294 g/mol. The molecule has 1 aromatic carbocycles. The number of hydrogen-bond acceptors (Lipinski definition) is 5. The average molecular weight is 319 g/mol. The first kappa shape index (κ1) is 15.7. The summed E-state index contributed by atoms with van der Waals surface area (Å²) in [4.78, 5) is 7.01. The number of hydrogen-bond donors (Lipinski definition) is 2. The van der Waals surface area contributed by atoms with Crippen LogP contribution in [0.15, 0.2) is 24.3 Å². The molecule has 1 saturated carbocycles. The van der Waals surface area contributed by atoms with Crippen molar-refractivity contribution in [1.29, 1.82) is 0 Å². The maximum absolute atomic E-state index is 9.29. The average Bonchev–Trinajstić information content (AvgIpc) is 2.97. The minimum absolute atomic E-state index is 0.152. The van der Waals surface area contributed by atoms with E-state index in [1.54, 1.807) is 11.3 Å². The molecule has 0 amide bonds. The Labute approximate surface area is 136 Å². The van der Waals surface area contributed by atoms with Crippen molar-refractivity contribution < 1.29 is 5.11 Å². The minimum Gasteiger partial charge on any atom is -0.395 e. The Kier molecular flexibility index (Phi) is 4.96. The predicted molar refractivity (Wildman–Crippen MR) is 93.6 cm³/mol. The summed E-state index contributed by atoms with van der Waals surface area (Å²) in [6.07, 6.45) is 6.27. The Bertz CT molecular complexity index is 574. The summed E-state index contributed by atoms with van der Waals surface area (Å²) in [6.45, 7) is 1.87. The summed E-state index contributed by atoms with van der Waals surface area (Å²) >= 11 is 1.72. The fourth-order valence-electron chi connectivity index (χ4n) is 3.48. The highest BCUT2D eigenvalue weighted by molar-refractivity contribution is 7.22. The Morgan fingerprint density at radius 3 is 2.77 bits per heavy atom. The maximum atomic E-state index is 9.29. The Hall–Kier alpha value is -1.17. The number of aliphatic hydroxyl groups is 1. The highest BCUT2D eigenvalue weighted by Crippen LogP contribution is 2.34. The summed E-state index contributed by atoms with van der Waals surface area (Å²) < 4.78 is 1.23. The van der Waals surface area contributed by atoms with E-state index in [0.29, 0.717) is 0 Å². The molecule has 0 unspecified atom stereocenters. The first-order valence-corrected chi connectivity index (χ1v) is 8.97. The van der Waals surface area contributed by atoms with Crippen LogP contribution < -0.4 is 5.32 Å². The van der Waals surface area contributed by atoms with Gasteiger partial charge in [0, 0.05) is 18.6 Å². The smallest absolute Gasteiger partial charge is 0.183 e. The van der Waals surface area contributed by atoms with Crippen LogP contribution in [0.1, 0.15) is 32.1 Å². The maximum Gasteiger partial charge on any atom is 0.183 e. The SMILES string of the molecule is CN(CCO)C1(CNc2nc3ccccc3s2)CCCCC1. The molecule has 0 aliphatic heterocycles. The molecule has 120 valence electrons. The van der Waals surface area contributed by atoms with Crippen LogP contribution in [0, 0.1) is 0 Å². The summed E-state index contributed by atoms with van der Waals surface area (Å²) in [7, 11) is 2.14. The van der Waals surface area contributed by atoms with Gasteiger partial charge in [0.05, 0.1) is 16.8 Å². The van der Waals surface area contributed by atoms with Crippen molar-refractivity contribution in [3.63, 3.8) is 0 Å². The third-order valence-electron chi connectivity index (χ3n) is 4.89. The predicted octanol–water partition coefficient (Wildman–Crippen LogP) is 3.34. The number of fused-ring (bicyclic) bond motifs is 1. The van der Waals surface area contributed by atoms with Crippen LogP contribution in [0.5, 0.6) is 0 Å². The van der Waals surface area contributed by atoms with Gasteiger partial charge in [-0.3, -0.25) is 4.90 Å². The molecule has 0 radical (unpaired) electrons. The van der Waals surface area contributed by atoms with Crippen LogP contribution in [-0.2, 0) is 0 Å². The highest BCUT2D eigenvalue weighted by atomic mass is 32.1. The van der Waals surface area contributed by atoms with Crippen LogP contribution >= 0.6 is 11.3 Å². The van der Waals surface area contributed by atoms with Crippen molar-refractivity contribution in [2.75, 3.05) is 32.1 Å². The van der Waals surface area contributed by atoms with Gasteiger partial charge >= 0.3 is 0 Å². The number of aliphatic hydroxyl groups excluding tert-OH is 1. The molecule has 1 fully saturated rings. The normalized spacial score (nSPS) is 18.0. The molecule has 1 aliphatic carbocycles. The highest BCUT2D eigenvalue weighted by Gasteiger charge is 2.35. The second-order valence-electron chi connectivity index (χ2n) is 6.27. The monoisotopic (exact) mass is 319 g/mol. The third kappa shape index (κ3) is 3.26. The number of β-amino-alcohol motifs (C(OH)–C–C–N with tert-alkyl or cyclic N) is 1. The number of likely N-dealkylation sites (N-methyl/N-ethyl adjacent to an activating group) is 1. The zero-order valence-electron chi connectivity index (χ0n) is 13.2. The lowest BCUT2D eigenvalue weighted by Crippen LogP contribution is -2.53. The second-order valence-corrected chi connectivity index (χ2v) is 7.30. The number of thiazole rings is 1. The molecule has 0 atom stereocenters. The lowest BCUT2D eigenvalue weighted by atomic mass is 9.80. The number of nitrogens with zero attached hydrogens (tertiary/aromatic N) is 2. The molecule has 5 heteroatoms. The van der Waals surface area contributed by atoms with E-state index in [1.165, 1.54) is 36.8 Å². The van der Waals surface area contributed by atoms with Gasteiger partial charge in [0.2, 0.25) is 0 Å². The first-order valence-electron chi connectivity index (χ1n) is 8.15. The zero-order valence-corrected chi connectivity index (χ0v) is 14.0. The molecule has 1 heterocycles. The standard InChI is InChI=1S/C17H25N3OS/c1-20(11-12-21)17(9-5-2-6-10-17)13-18-16-19-14-7-3-4-8-15(14)22-16/h3-4,7-8,21H,2,5-6,9-13H2,1H3,(H,18,19). The summed E-state index contributed by atoms with van der Waals surface area (Å²) in [5.74, 6) is 0. The van der Waals surface area contributed by atoms with Crippen molar-refractivity contribution in [2.45, 2.75) is 37.6 Å². The number of anilines is 1. The largest absolute Gasteiger partial charge is 0.395 e. The van der Waals surface area contributed by atoms with Crippen molar-refractivity contribution >= 4 is 26.7 Å². The van der Waals surface area contributed by atoms with Gasteiger partial charge in [0.25, 0.3) is 0 Å². The van der Waals surface area contributed by atoms with Crippen LogP contribution in [0.2, 0.25) is 0 Å². The minimum atomic E-state index is 0.152. The molecule has 22 heavy (non-hydrogen) atoms. The van der Waals surface area contributed by atoms with Crippen molar-refractivity contribution in [3.05, 3.63) is 24.3 Å². The van der Waals surface area contributed by atoms with Gasteiger partial charge in [-0.2, -0.15) is 0 Å². The van der Waals surface area contributed by atoms with E-state index >= 15 is 0 Å². The van der Waals surface area contributed by atoms with Crippen LogP contribution in [-0.4, -0.2) is 47.3 Å². The zero-order chi connectivity index (χ0) is 15.4. The third-order valence-corrected chi connectivity index (χ3v) is 5.89. The molecule has 0 spiro atoms. The lowest BCUT2D eigenvalue weighted by molar-refractivity contribution is 0.0690. The number of benzene rings is 1. The number of nitrogens with one attached hydrogen (secondary N) is 1. The van der Waals surface area contributed by atoms with E-state index in [1.807, 2.05) is 6.07 Å². The molecule has 0 bridgehead atoms.